The molecule has 2 aromatic heterocycles. The van der Waals surface area contributed by atoms with Crippen LogP contribution in [0.1, 0.15) is 29.7 Å². The fourth-order valence-electron chi connectivity index (χ4n) is 5.92. The fraction of sp³-hybridized carbons (Fsp3) is 0.122. The number of fused-ring (bicyclic) bond motifs is 1. The molecule has 4 aromatic carbocycles. The van der Waals surface area contributed by atoms with Crippen LogP contribution in [0.25, 0.3) is 23.0 Å². The van der Waals surface area contributed by atoms with Gasteiger partial charge in [0.25, 0.3) is 5.56 Å². The van der Waals surface area contributed by atoms with E-state index in [-0.39, 0.29) is 12.2 Å². The van der Waals surface area contributed by atoms with Crippen LogP contribution >= 0.6 is 23.1 Å². The second kappa shape index (κ2) is 15.0. The molecule has 1 aliphatic rings. The molecule has 0 aliphatic carbocycles. The van der Waals surface area contributed by atoms with Gasteiger partial charge in [0, 0.05) is 22.2 Å². The second-order valence-electron chi connectivity index (χ2n) is 11.8. The zero-order valence-corrected chi connectivity index (χ0v) is 29.7. The van der Waals surface area contributed by atoms with E-state index in [9.17, 15) is 9.59 Å². The fourth-order valence-corrected chi connectivity index (χ4v) is 7.37. The highest BCUT2D eigenvalue weighted by Crippen LogP contribution is 2.32. The van der Waals surface area contributed by atoms with Crippen molar-refractivity contribution in [3.8, 4) is 22.7 Å². The number of nitrogens with zero attached hydrogens (tertiary/aromatic N) is 4. The van der Waals surface area contributed by atoms with Crippen LogP contribution in [-0.2, 0) is 16.1 Å². The van der Waals surface area contributed by atoms with E-state index < -0.39 is 12.0 Å². The Morgan fingerprint density at radius 2 is 1.67 bits per heavy atom. The number of aromatic nitrogens is 3. The number of esters is 1. The largest absolute Gasteiger partial charge is 0.490 e. The first kappa shape index (κ1) is 33.8. The van der Waals surface area contributed by atoms with Gasteiger partial charge in [-0.2, -0.15) is 5.10 Å². The highest BCUT2D eigenvalue weighted by atomic mass is 32.2. The van der Waals surface area contributed by atoms with E-state index >= 15 is 0 Å². The monoisotopic (exact) mass is 710 g/mol. The lowest BCUT2D eigenvalue weighted by molar-refractivity contribution is -0.140. The number of para-hydroxylation sites is 1. The maximum atomic E-state index is 14.5. The lowest BCUT2D eigenvalue weighted by Gasteiger charge is -2.25. The van der Waals surface area contributed by atoms with E-state index in [4.69, 9.17) is 19.6 Å². The Hall–Kier alpha value is -5.71. The van der Waals surface area contributed by atoms with E-state index in [1.807, 2.05) is 128 Å². The van der Waals surface area contributed by atoms with Crippen LogP contribution in [0.5, 0.6) is 5.75 Å². The Balaban J connectivity index is 1.34. The highest BCUT2D eigenvalue weighted by molar-refractivity contribution is 7.98. The summed E-state index contributed by atoms with van der Waals surface area (Å²) in [5, 5.41) is 4.95. The summed E-state index contributed by atoms with van der Waals surface area (Å²) in [5.41, 5.74) is 5.44. The zero-order chi connectivity index (χ0) is 35.3. The lowest BCUT2D eigenvalue weighted by atomic mass is 9.96. The van der Waals surface area contributed by atoms with Crippen LogP contribution in [0.2, 0.25) is 0 Å². The number of hydrogen-bond donors (Lipinski definition) is 0. The molecule has 0 N–H and O–H groups in total. The van der Waals surface area contributed by atoms with Crippen molar-refractivity contribution in [3.63, 3.8) is 0 Å². The average molecular weight is 711 g/mol. The molecule has 0 fully saturated rings. The summed E-state index contributed by atoms with van der Waals surface area (Å²) >= 11 is 2.91. The molecule has 7 rings (SSSR count). The van der Waals surface area contributed by atoms with Gasteiger partial charge >= 0.3 is 5.97 Å². The molecule has 0 saturated carbocycles. The number of carbonyl (C=O) groups excluding carboxylic acids is 1. The third-order valence-electron chi connectivity index (χ3n) is 8.43. The molecule has 0 radical (unpaired) electrons. The van der Waals surface area contributed by atoms with E-state index in [0.717, 1.165) is 38.6 Å². The number of thioether (sulfide) groups is 1. The summed E-state index contributed by atoms with van der Waals surface area (Å²) in [5.74, 6) is 0.204. The standard InChI is InChI=1S/C41H34N4O4S2/c1-4-23-48-33-19-15-29(16-20-33)37-31(25-44(43-37)32-13-9-6-10-14-32)24-35-39(46)45-38(30-17-21-34(50-3)22-18-30)36(27(2)42-41(45)51-35)40(47)49-26-28-11-7-5-8-12-28/h4-22,24-25,38H,1,23,26H2,2-3H3. The summed E-state index contributed by atoms with van der Waals surface area (Å²) in [6, 6.07) is 34.2. The van der Waals surface area contributed by atoms with Crippen molar-refractivity contribution in [3.05, 3.63) is 176 Å². The number of rotatable bonds is 11. The molecule has 254 valence electrons. The Bertz CT molecular complexity index is 2410. The minimum Gasteiger partial charge on any atom is -0.490 e. The number of hydrogen-bond acceptors (Lipinski definition) is 8. The summed E-state index contributed by atoms with van der Waals surface area (Å²) in [7, 11) is 0. The van der Waals surface area contributed by atoms with Gasteiger partial charge < -0.3 is 9.47 Å². The first-order valence-electron chi connectivity index (χ1n) is 16.3. The maximum absolute atomic E-state index is 14.5. The maximum Gasteiger partial charge on any atom is 0.338 e. The molecule has 0 amide bonds. The van der Waals surface area contributed by atoms with Crippen molar-refractivity contribution in [2.24, 2.45) is 4.99 Å². The van der Waals surface area contributed by atoms with Crippen molar-refractivity contribution in [2.75, 3.05) is 12.9 Å². The summed E-state index contributed by atoms with van der Waals surface area (Å²) in [6.45, 7) is 6.03. The molecule has 10 heteroatoms. The van der Waals surface area contributed by atoms with Gasteiger partial charge in [-0.15, -0.1) is 11.8 Å². The van der Waals surface area contributed by atoms with Crippen LogP contribution in [0.4, 0.5) is 0 Å². The summed E-state index contributed by atoms with van der Waals surface area (Å²) in [4.78, 5) is 34.7. The molecule has 3 heterocycles. The summed E-state index contributed by atoms with van der Waals surface area (Å²) in [6.07, 6.45) is 7.48. The molecule has 6 aromatic rings. The van der Waals surface area contributed by atoms with Crippen LogP contribution in [0.3, 0.4) is 0 Å². The lowest BCUT2D eigenvalue weighted by Crippen LogP contribution is -2.39. The van der Waals surface area contributed by atoms with Gasteiger partial charge in [0.15, 0.2) is 4.80 Å². The Morgan fingerprint density at radius 1 is 0.961 bits per heavy atom. The molecule has 0 bridgehead atoms. The Labute approximate surface area is 303 Å². The minimum absolute atomic E-state index is 0.106. The number of thiazole rings is 1. The van der Waals surface area contributed by atoms with Crippen molar-refractivity contribution >= 4 is 35.1 Å². The summed E-state index contributed by atoms with van der Waals surface area (Å²) < 4.78 is 15.4. The van der Waals surface area contributed by atoms with Crippen molar-refractivity contribution in [1.29, 1.82) is 0 Å². The van der Waals surface area contributed by atoms with Crippen molar-refractivity contribution < 1.29 is 14.3 Å². The van der Waals surface area contributed by atoms with E-state index in [0.29, 0.717) is 32.9 Å². The van der Waals surface area contributed by atoms with E-state index in [1.54, 1.807) is 34.0 Å². The van der Waals surface area contributed by atoms with Crippen LogP contribution in [0, 0.1) is 0 Å². The first-order valence-corrected chi connectivity index (χ1v) is 18.3. The van der Waals surface area contributed by atoms with Gasteiger partial charge in [-0.05, 0) is 78.9 Å². The Kier molecular flexibility index (Phi) is 9.96. The average Bonchev–Trinajstić information content (AvgIpc) is 3.73. The van der Waals surface area contributed by atoms with Crippen molar-refractivity contribution in [2.45, 2.75) is 24.5 Å². The van der Waals surface area contributed by atoms with E-state index in [1.165, 1.54) is 11.3 Å². The number of benzene rings is 4. The molecule has 8 nitrogen and oxygen atoms in total. The van der Waals surface area contributed by atoms with Gasteiger partial charge in [-0.25, -0.2) is 14.5 Å². The SMILES string of the molecule is C=CCOc1ccc(-c2nn(-c3ccccc3)cc2C=c2sc3n(c2=O)C(c2ccc(SC)cc2)C(C(=O)OCc2ccccc2)=C(C)N=3)cc1. The third kappa shape index (κ3) is 7.15. The normalized spacial score (nSPS) is 14.2. The topological polar surface area (TPSA) is 87.7 Å². The molecule has 51 heavy (non-hydrogen) atoms. The second-order valence-corrected chi connectivity index (χ2v) is 13.6. The molecule has 1 atom stereocenters. The van der Waals surface area contributed by atoms with E-state index in [2.05, 4.69) is 6.58 Å². The third-order valence-corrected chi connectivity index (χ3v) is 10.2. The zero-order valence-electron chi connectivity index (χ0n) is 28.1. The molecule has 0 saturated heterocycles. The molecule has 1 unspecified atom stereocenters. The smallest absolute Gasteiger partial charge is 0.338 e. The van der Waals surface area contributed by atoms with Gasteiger partial charge in [-0.1, -0.05) is 84.7 Å². The Morgan fingerprint density at radius 3 is 2.35 bits per heavy atom. The molecule has 0 spiro atoms. The van der Waals surface area contributed by atoms with Gasteiger partial charge in [0.1, 0.15) is 24.7 Å². The predicted octanol–water partition coefficient (Wildman–Crippen LogP) is 7.12. The van der Waals surface area contributed by atoms with Crippen LogP contribution in [-0.4, -0.2) is 33.2 Å². The van der Waals surface area contributed by atoms with Gasteiger partial charge in [0.2, 0.25) is 0 Å². The van der Waals surface area contributed by atoms with Gasteiger partial charge in [-0.3, -0.25) is 9.36 Å². The molecule has 1 aliphatic heterocycles. The first-order chi connectivity index (χ1) is 24.9. The highest BCUT2D eigenvalue weighted by Gasteiger charge is 2.33. The van der Waals surface area contributed by atoms with Crippen LogP contribution < -0.4 is 19.6 Å². The predicted molar refractivity (Wildman–Crippen MR) is 203 cm³/mol. The minimum atomic E-state index is -0.725. The molecular formula is C41H34N4O4S2. The van der Waals surface area contributed by atoms with Gasteiger partial charge in [0.05, 0.1) is 27.5 Å². The molecular weight excluding hydrogens is 677 g/mol. The number of carbonyl (C=O) groups is 1. The quantitative estimate of drug-likeness (QED) is 0.0809. The van der Waals surface area contributed by atoms with Crippen LogP contribution in [0.15, 0.2) is 154 Å². The number of allylic oxidation sites excluding steroid dienone is 1. The van der Waals surface area contributed by atoms with Crippen molar-refractivity contribution in [1.82, 2.24) is 14.3 Å². The number of ether oxygens (including phenoxy) is 2.